The number of hydrogen-bond donors (Lipinski definition) is 0. The van der Waals surface area contributed by atoms with Gasteiger partial charge in [0.1, 0.15) is 5.65 Å². The second-order valence-electron chi connectivity index (χ2n) is 6.08. The average Bonchev–Trinajstić information content (AvgIpc) is 3.26. The molecule has 8 nitrogen and oxygen atoms in total. The van der Waals surface area contributed by atoms with Gasteiger partial charge in [0.2, 0.25) is 0 Å². The van der Waals surface area contributed by atoms with Crippen LogP contribution in [-0.2, 0) is 6.54 Å². The molecule has 3 heterocycles. The number of fused-ring (bicyclic) bond motifs is 1. The van der Waals surface area contributed by atoms with Crippen molar-refractivity contribution in [3.8, 4) is 22.9 Å². The number of benzene rings is 1. The van der Waals surface area contributed by atoms with Crippen LogP contribution in [-0.4, -0.2) is 33.3 Å². The monoisotopic (exact) mass is 366 g/mol. The van der Waals surface area contributed by atoms with Crippen LogP contribution in [0.4, 0.5) is 0 Å². The van der Waals surface area contributed by atoms with E-state index >= 15 is 0 Å². The summed E-state index contributed by atoms with van der Waals surface area (Å²) in [5.74, 6) is 0.984. The molecule has 0 aliphatic heterocycles. The van der Waals surface area contributed by atoms with Crippen molar-refractivity contribution in [1.29, 1.82) is 0 Å². The number of hydrogen-bond acceptors (Lipinski definition) is 6. The zero-order valence-electron chi connectivity index (χ0n) is 15.2. The van der Waals surface area contributed by atoms with Crippen LogP contribution in [0.25, 0.3) is 17.0 Å². The summed E-state index contributed by atoms with van der Waals surface area (Å²) in [5.41, 5.74) is 3.32. The van der Waals surface area contributed by atoms with E-state index in [-0.39, 0.29) is 6.54 Å². The summed E-state index contributed by atoms with van der Waals surface area (Å²) in [6, 6.07) is 9.25. The normalized spacial score (nSPS) is 11.1. The Kier molecular flexibility index (Phi) is 4.15. The molecule has 0 saturated heterocycles. The van der Waals surface area contributed by atoms with Crippen molar-refractivity contribution in [3.63, 3.8) is 0 Å². The maximum absolute atomic E-state index is 12.2. The summed E-state index contributed by atoms with van der Waals surface area (Å²) in [7, 11) is 3.12. The molecule has 0 atom stereocenters. The zero-order chi connectivity index (χ0) is 19.0. The predicted molar refractivity (Wildman–Crippen MR) is 98.3 cm³/mol. The van der Waals surface area contributed by atoms with Crippen molar-refractivity contribution in [1.82, 2.24) is 19.1 Å². The molecule has 4 rings (SSSR count). The minimum Gasteiger partial charge on any atom is -0.493 e. The highest BCUT2D eigenvalue weighted by Gasteiger charge is 2.17. The van der Waals surface area contributed by atoms with Gasteiger partial charge < -0.3 is 13.9 Å². The molecule has 0 radical (unpaired) electrons. The lowest BCUT2D eigenvalue weighted by atomic mass is 10.2. The lowest BCUT2D eigenvalue weighted by Crippen LogP contribution is -2.16. The maximum atomic E-state index is 12.2. The Morgan fingerprint density at radius 1 is 1.15 bits per heavy atom. The largest absolute Gasteiger partial charge is 0.493 e. The fourth-order valence-electron chi connectivity index (χ4n) is 3.03. The third-order valence-electron chi connectivity index (χ3n) is 4.38. The van der Waals surface area contributed by atoms with Gasteiger partial charge in [0.05, 0.1) is 26.5 Å². The van der Waals surface area contributed by atoms with Crippen molar-refractivity contribution >= 4 is 5.65 Å². The molecule has 27 heavy (non-hydrogen) atoms. The van der Waals surface area contributed by atoms with Gasteiger partial charge in [-0.05, 0) is 36.8 Å². The Hall–Kier alpha value is -3.55. The van der Waals surface area contributed by atoms with Gasteiger partial charge in [-0.3, -0.25) is 9.09 Å². The van der Waals surface area contributed by atoms with Gasteiger partial charge in [-0.1, -0.05) is 11.2 Å². The van der Waals surface area contributed by atoms with Crippen molar-refractivity contribution in [3.05, 3.63) is 64.5 Å². The number of imidazole rings is 1. The Labute approximate surface area is 154 Å². The molecular weight excluding hydrogens is 348 g/mol. The number of rotatable bonds is 5. The second-order valence-corrected chi connectivity index (χ2v) is 6.08. The summed E-state index contributed by atoms with van der Waals surface area (Å²) >= 11 is 0. The first-order chi connectivity index (χ1) is 13.1. The zero-order valence-corrected chi connectivity index (χ0v) is 15.2. The van der Waals surface area contributed by atoms with Gasteiger partial charge in [0, 0.05) is 18.0 Å². The van der Waals surface area contributed by atoms with E-state index < -0.39 is 5.76 Å². The van der Waals surface area contributed by atoms with Crippen LogP contribution in [0.2, 0.25) is 0 Å². The Bertz CT molecular complexity index is 1170. The molecule has 0 spiro atoms. The number of ether oxygens (including phenoxy) is 2. The molecule has 138 valence electrons. The van der Waals surface area contributed by atoms with Gasteiger partial charge in [-0.2, -0.15) is 0 Å². The summed E-state index contributed by atoms with van der Waals surface area (Å²) in [6.07, 6.45) is 3.81. The van der Waals surface area contributed by atoms with E-state index in [0.717, 1.165) is 16.9 Å². The van der Waals surface area contributed by atoms with Crippen molar-refractivity contribution in [2.24, 2.45) is 0 Å². The van der Waals surface area contributed by atoms with E-state index in [9.17, 15) is 4.79 Å². The quantitative estimate of drug-likeness (QED) is 0.540. The first kappa shape index (κ1) is 16.9. The highest BCUT2D eigenvalue weighted by molar-refractivity contribution is 5.61. The van der Waals surface area contributed by atoms with E-state index in [0.29, 0.717) is 22.9 Å². The molecule has 1 aromatic carbocycles. The Morgan fingerprint density at radius 2 is 1.96 bits per heavy atom. The Balaban J connectivity index is 1.75. The maximum Gasteiger partial charge on any atom is 0.442 e. The van der Waals surface area contributed by atoms with Crippen LogP contribution in [0.15, 0.2) is 52.0 Å². The first-order valence-corrected chi connectivity index (χ1v) is 8.33. The van der Waals surface area contributed by atoms with E-state index in [2.05, 4.69) is 10.1 Å². The van der Waals surface area contributed by atoms with E-state index in [1.165, 1.54) is 4.57 Å². The van der Waals surface area contributed by atoms with Gasteiger partial charge in [0.15, 0.2) is 17.3 Å². The van der Waals surface area contributed by atoms with Gasteiger partial charge in [0.25, 0.3) is 0 Å². The van der Waals surface area contributed by atoms with Crippen LogP contribution in [0, 0.1) is 6.92 Å². The molecule has 0 amide bonds. The second kappa shape index (κ2) is 6.64. The molecule has 0 N–H and O–H groups in total. The molecule has 0 unspecified atom stereocenters. The van der Waals surface area contributed by atoms with E-state index in [1.807, 2.05) is 35.9 Å². The van der Waals surface area contributed by atoms with E-state index in [4.69, 9.17) is 14.0 Å². The predicted octanol–water partition coefficient (Wildman–Crippen LogP) is 2.52. The van der Waals surface area contributed by atoms with E-state index in [1.54, 1.807) is 32.4 Å². The van der Waals surface area contributed by atoms with Gasteiger partial charge >= 0.3 is 5.76 Å². The molecule has 0 bridgehead atoms. The number of methoxy groups -OCH3 is 2. The highest BCUT2D eigenvalue weighted by Crippen LogP contribution is 2.31. The topological polar surface area (TPSA) is 83.8 Å². The molecule has 4 aromatic rings. The van der Waals surface area contributed by atoms with Crippen LogP contribution in [0.5, 0.6) is 11.5 Å². The first-order valence-electron chi connectivity index (χ1n) is 8.33. The molecule has 0 aliphatic rings. The number of aryl methyl sites for hydroxylation is 1. The fraction of sp³-hybridized carbons (Fsp3) is 0.211. The fourth-order valence-corrected chi connectivity index (χ4v) is 3.03. The molecule has 8 heteroatoms. The summed E-state index contributed by atoms with van der Waals surface area (Å²) in [5, 5.41) is 3.93. The minimum absolute atomic E-state index is 0.243. The molecule has 0 saturated carbocycles. The highest BCUT2D eigenvalue weighted by atomic mass is 16.5. The van der Waals surface area contributed by atoms with Gasteiger partial charge in [-0.25, -0.2) is 9.78 Å². The minimum atomic E-state index is -0.548. The van der Waals surface area contributed by atoms with Crippen LogP contribution >= 0.6 is 0 Å². The Morgan fingerprint density at radius 3 is 2.70 bits per heavy atom. The van der Waals surface area contributed by atoms with Crippen LogP contribution in [0.3, 0.4) is 0 Å². The third kappa shape index (κ3) is 2.95. The standard InChI is InChI=1S/C19H18N4O4/c1-12-5-4-8-22-10-14(20-17(12)22)11-23-18(21-27-19(23)24)13-6-7-15(25-2)16(9-13)26-3/h4-10H,11H2,1-3H3. The molecule has 0 fully saturated rings. The molecule has 0 aliphatic carbocycles. The number of nitrogens with zero attached hydrogens (tertiary/aromatic N) is 4. The molecular formula is C19H18N4O4. The number of pyridine rings is 1. The lowest BCUT2D eigenvalue weighted by molar-refractivity contribution is 0.355. The number of aromatic nitrogens is 4. The lowest BCUT2D eigenvalue weighted by Gasteiger charge is -2.09. The molecule has 3 aromatic heterocycles. The third-order valence-corrected chi connectivity index (χ3v) is 4.38. The van der Waals surface area contributed by atoms with Crippen LogP contribution in [0.1, 0.15) is 11.3 Å². The summed E-state index contributed by atoms with van der Waals surface area (Å²) in [6.45, 7) is 2.24. The van der Waals surface area contributed by atoms with Crippen molar-refractivity contribution < 1.29 is 14.0 Å². The van der Waals surface area contributed by atoms with Crippen molar-refractivity contribution in [2.75, 3.05) is 14.2 Å². The van der Waals surface area contributed by atoms with Crippen molar-refractivity contribution in [2.45, 2.75) is 13.5 Å². The van der Waals surface area contributed by atoms with Gasteiger partial charge in [-0.15, -0.1) is 0 Å². The summed E-state index contributed by atoms with van der Waals surface area (Å²) < 4.78 is 18.9. The van der Waals surface area contributed by atoms with Crippen LogP contribution < -0.4 is 15.2 Å². The smallest absolute Gasteiger partial charge is 0.442 e. The SMILES string of the molecule is COc1ccc(-c2noc(=O)n2Cc2cn3cccc(C)c3n2)cc1OC. The average molecular weight is 366 g/mol. The summed E-state index contributed by atoms with van der Waals surface area (Å²) in [4.78, 5) is 16.8.